The van der Waals surface area contributed by atoms with Crippen molar-refractivity contribution in [2.45, 2.75) is 180 Å². The highest BCUT2D eigenvalue weighted by Gasteiger charge is 2.32. The second kappa shape index (κ2) is 38.3. The average molecular weight is 1210 g/mol. The minimum atomic E-state index is -0.946. The summed E-state index contributed by atoms with van der Waals surface area (Å²) in [5.74, 6) is -3.23. The second-order valence-electron chi connectivity index (χ2n) is 26.8. The lowest BCUT2D eigenvalue weighted by Crippen LogP contribution is -2.51. The molecule has 0 aliphatic carbocycles. The maximum Gasteiger partial charge on any atom is 0.407 e. The molecule has 0 heterocycles. The number of primary amides is 2. The molecule has 2 aromatic carbocycles. The van der Waals surface area contributed by atoms with Gasteiger partial charge in [0, 0.05) is 75.1 Å². The Morgan fingerprint density at radius 1 is 0.512 bits per heavy atom. The van der Waals surface area contributed by atoms with E-state index in [0.29, 0.717) is 83.1 Å². The third kappa shape index (κ3) is 36.9. The van der Waals surface area contributed by atoms with Gasteiger partial charge in [-0.15, -0.1) is 0 Å². The maximum atomic E-state index is 13.3. The lowest BCUT2D eigenvalue weighted by atomic mass is 9.88. The summed E-state index contributed by atoms with van der Waals surface area (Å²) in [5, 5.41) is 22.1. The van der Waals surface area contributed by atoms with Crippen molar-refractivity contribution in [2.75, 3.05) is 63.2 Å². The molecule has 0 spiro atoms. The molecule has 486 valence electrons. The van der Waals surface area contributed by atoms with Crippen LogP contribution in [-0.4, -0.2) is 124 Å². The van der Waals surface area contributed by atoms with Crippen molar-refractivity contribution in [2.24, 2.45) is 51.4 Å². The number of alkyl carbamates (subject to hydrolysis) is 1. The van der Waals surface area contributed by atoms with Crippen molar-refractivity contribution in [3.63, 3.8) is 0 Å². The number of rotatable bonds is 34. The summed E-state index contributed by atoms with van der Waals surface area (Å²) in [6.07, 6.45) is 1.53. The first kappa shape index (κ1) is 77.2. The molecule has 0 bridgehead atoms. The van der Waals surface area contributed by atoms with Gasteiger partial charge < -0.3 is 72.9 Å². The molecule has 0 saturated carbocycles. The van der Waals surface area contributed by atoms with Gasteiger partial charge in [-0.2, -0.15) is 0 Å². The van der Waals surface area contributed by atoms with Crippen LogP contribution in [0.3, 0.4) is 0 Å². The molecule has 0 saturated heterocycles. The van der Waals surface area contributed by atoms with Gasteiger partial charge in [0.25, 0.3) is 0 Å². The standard InChI is InChI=1S/C32H55N5O6.C31H51N5O7/c1-22(2)27(37-32(6,7)8)26(38)19-24(11-9-16-34-29(33)40)28(39)36-25-14-12-23(13-15-25)20-43-30(41)35-17-10-18-42-21-31(3,4)5;1-20(2)25(36-29(41)33-14-9-15-42-19-30(3,4)5)24(37)16-22(17-34-28(32)40)26(38)35-23-12-10-21(11-13-23)18-43-27(39)31(6,7)8/h12-15,22,24,27,37H,9-11,16-21H2,1-8H3,(H,35,41)(H,36,39)(H3,33,34,40);10-13,20,22,25H,9,14-19H2,1-8H3,(H,35,38)(H3,32,34,40)(H2,33,36,41)/t24-,27+;/m1./s1. The number of benzene rings is 2. The van der Waals surface area contributed by atoms with Gasteiger partial charge in [-0.25, -0.2) is 19.2 Å². The zero-order valence-electron chi connectivity index (χ0n) is 54.4. The first-order valence-electron chi connectivity index (χ1n) is 29.8. The Kier molecular flexibility index (Phi) is 34.4. The molecule has 0 fully saturated rings. The van der Waals surface area contributed by atoms with Gasteiger partial charge in [-0.05, 0) is 125 Å². The fourth-order valence-corrected chi connectivity index (χ4v) is 7.92. The molecule has 2 aromatic rings. The molecule has 23 nitrogen and oxygen atoms in total. The minimum Gasteiger partial charge on any atom is -0.460 e. The fourth-order valence-electron chi connectivity index (χ4n) is 7.92. The van der Waals surface area contributed by atoms with Crippen LogP contribution < -0.4 is 54.0 Å². The first-order chi connectivity index (χ1) is 39.8. The fraction of sp³-hybridized carbons (Fsp3) is 0.667. The van der Waals surface area contributed by atoms with E-state index in [0.717, 1.165) is 11.1 Å². The molecule has 23 heteroatoms. The molecule has 0 aliphatic rings. The number of ketones is 2. The van der Waals surface area contributed by atoms with Gasteiger partial charge in [-0.3, -0.25) is 24.0 Å². The highest BCUT2D eigenvalue weighted by atomic mass is 16.5. The molecule has 86 heavy (non-hydrogen) atoms. The number of amides is 9. The Labute approximate surface area is 511 Å². The topological polar surface area (TPSA) is 339 Å². The van der Waals surface area contributed by atoms with Crippen LogP contribution >= 0.6 is 0 Å². The van der Waals surface area contributed by atoms with Gasteiger partial charge in [0.05, 0.1) is 36.6 Å². The monoisotopic (exact) mass is 1210 g/mol. The van der Waals surface area contributed by atoms with Gasteiger partial charge in [0.15, 0.2) is 11.6 Å². The van der Waals surface area contributed by atoms with Crippen LogP contribution in [0.1, 0.15) is 160 Å². The van der Waals surface area contributed by atoms with Crippen LogP contribution in [0.15, 0.2) is 48.5 Å². The molecule has 0 radical (unpaired) electrons. The highest BCUT2D eigenvalue weighted by Crippen LogP contribution is 2.23. The van der Waals surface area contributed by atoms with E-state index in [1.807, 2.05) is 34.6 Å². The van der Waals surface area contributed by atoms with E-state index in [9.17, 15) is 43.2 Å². The summed E-state index contributed by atoms with van der Waals surface area (Å²) in [5.41, 5.74) is 12.2. The van der Waals surface area contributed by atoms with Gasteiger partial charge in [0.1, 0.15) is 13.2 Å². The van der Waals surface area contributed by atoms with Gasteiger partial charge >= 0.3 is 30.2 Å². The number of ether oxygens (including phenoxy) is 4. The molecular weight excluding hydrogens is 1100 g/mol. The Hall–Kier alpha value is -6.85. The molecule has 2 unspecified atom stereocenters. The number of hydrogen-bond acceptors (Lipinski definition) is 14. The maximum absolute atomic E-state index is 13.3. The van der Waals surface area contributed by atoms with E-state index >= 15 is 0 Å². The Morgan fingerprint density at radius 2 is 0.942 bits per heavy atom. The highest BCUT2D eigenvalue weighted by molar-refractivity contribution is 5.98. The minimum absolute atomic E-state index is 0.0313. The first-order valence-corrected chi connectivity index (χ1v) is 29.8. The van der Waals surface area contributed by atoms with Crippen LogP contribution in [0.5, 0.6) is 0 Å². The largest absolute Gasteiger partial charge is 0.460 e. The lowest BCUT2D eigenvalue weighted by molar-refractivity contribution is -0.154. The zero-order valence-corrected chi connectivity index (χ0v) is 54.4. The number of carbonyl (C=O) groups excluding carboxylic acids is 9. The summed E-state index contributed by atoms with van der Waals surface area (Å²) >= 11 is 0. The summed E-state index contributed by atoms with van der Waals surface area (Å²) < 4.78 is 21.8. The molecular formula is C63H106N10O13. The number of hydrogen-bond donors (Lipinski definition) is 10. The van der Waals surface area contributed by atoms with Crippen molar-refractivity contribution in [3.05, 3.63) is 59.7 Å². The van der Waals surface area contributed by atoms with E-state index in [1.54, 1.807) is 83.1 Å². The van der Waals surface area contributed by atoms with Crippen LogP contribution in [0, 0.1) is 39.9 Å². The molecule has 0 aromatic heterocycles. The zero-order chi connectivity index (χ0) is 65.4. The second-order valence-corrected chi connectivity index (χ2v) is 26.8. The molecule has 0 aliphatic heterocycles. The normalized spacial score (nSPS) is 13.1. The van der Waals surface area contributed by atoms with Gasteiger partial charge in [-0.1, -0.05) is 93.5 Å². The Balaban J connectivity index is 0.000000860. The van der Waals surface area contributed by atoms with E-state index in [4.69, 9.17) is 30.4 Å². The number of carbonyl (C=O) groups is 9. The van der Waals surface area contributed by atoms with Crippen molar-refractivity contribution < 1.29 is 62.1 Å². The third-order valence-corrected chi connectivity index (χ3v) is 12.4. The van der Waals surface area contributed by atoms with Crippen molar-refractivity contribution >= 4 is 64.9 Å². The number of urea groups is 3. The van der Waals surface area contributed by atoms with E-state index in [2.05, 4.69) is 84.1 Å². The molecule has 2 rings (SSSR count). The van der Waals surface area contributed by atoms with Crippen LogP contribution in [0.2, 0.25) is 0 Å². The third-order valence-electron chi connectivity index (χ3n) is 12.4. The Morgan fingerprint density at radius 3 is 1.38 bits per heavy atom. The number of esters is 1. The summed E-state index contributed by atoms with van der Waals surface area (Å²) in [6, 6.07) is 10.5. The quantitative estimate of drug-likeness (QED) is 0.0232. The SMILES string of the molecule is CC(C)C(NC(=O)NCCCOCC(C)(C)C)C(=O)CC(CNC(N)=O)C(=O)Nc1ccc(COC(=O)C(C)(C)C)cc1.CC(C)[C@H](NC(C)(C)C)C(=O)C[C@@H](CCCNC(N)=O)C(=O)Nc1ccc(COC(=O)NCCCOCC(C)(C)C)cc1. The summed E-state index contributed by atoms with van der Waals surface area (Å²) in [4.78, 5) is 112. The lowest BCUT2D eigenvalue weighted by Gasteiger charge is -2.31. The summed E-state index contributed by atoms with van der Waals surface area (Å²) in [7, 11) is 0. The molecule has 4 atom stereocenters. The van der Waals surface area contributed by atoms with E-state index < -0.39 is 59.4 Å². The van der Waals surface area contributed by atoms with Crippen molar-refractivity contribution in [1.29, 1.82) is 0 Å². The van der Waals surface area contributed by atoms with E-state index in [-0.39, 0.29) is 84.2 Å². The van der Waals surface area contributed by atoms with Crippen molar-refractivity contribution in [3.8, 4) is 0 Å². The number of Topliss-reactive ketones (excluding diaryl/α,β-unsaturated/α-hetero) is 2. The number of nitrogens with two attached hydrogens (primary N) is 2. The predicted octanol–water partition coefficient (Wildman–Crippen LogP) is 8.48. The van der Waals surface area contributed by atoms with Crippen LogP contribution in [-0.2, 0) is 56.1 Å². The predicted molar refractivity (Wildman–Crippen MR) is 335 cm³/mol. The summed E-state index contributed by atoms with van der Waals surface area (Å²) in [6.45, 7) is 34.9. The smallest absolute Gasteiger partial charge is 0.407 e. The van der Waals surface area contributed by atoms with Gasteiger partial charge in [0.2, 0.25) is 11.8 Å². The number of anilines is 2. The van der Waals surface area contributed by atoms with Crippen molar-refractivity contribution in [1.82, 2.24) is 31.9 Å². The average Bonchev–Trinajstić information content (AvgIpc) is 2.84. The van der Waals surface area contributed by atoms with E-state index in [1.165, 1.54) is 0 Å². The molecule has 9 amide bonds. The van der Waals surface area contributed by atoms with Crippen LogP contribution in [0.4, 0.5) is 30.6 Å². The number of nitrogens with one attached hydrogen (secondary N) is 8. The molecule has 12 N–H and O–H groups in total. The Bertz CT molecular complexity index is 2420. The van der Waals surface area contributed by atoms with Crippen LogP contribution in [0.25, 0.3) is 0 Å².